The molecule has 0 unspecified atom stereocenters. The smallest absolute Gasteiger partial charge is 0.0525 e. The van der Waals surface area contributed by atoms with Gasteiger partial charge in [-0.05, 0) is 43.2 Å². The highest BCUT2D eigenvalue weighted by atomic mass is 15.1. The zero-order chi connectivity index (χ0) is 10.2. The van der Waals surface area contributed by atoms with E-state index in [0.717, 1.165) is 5.56 Å². The van der Waals surface area contributed by atoms with Crippen LogP contribution >= 0.6 is 0 Å². The number of pyridine rings is 1. The zero-order valence-electron chi connectivity index (χ0n) is 8.38. The van der Waals surface area contributed by atoms with Crippen molar-refractivity contribution < 1.29 is 0 Å². The van der Waals surface area contributed by atoms with Crippen molar-refractivity contribution in [2.45, 2.75) is 13.8 Å². The first-order valence-electron chi connectivity index (χ1n) is 4.39. The van der Waals surface area contributed by atoms with Gasteiger partial charge in [-0.2, -0.15) is 10.2 Å². The van der Waals surface area contributed by atoms with Crippen molar-refractivity contribution >= 4 is 0 Å². The summed E-state index contributed by atoms with van der Waals surface area (Å²) < 4.78 is 0. The standard InChI is InChI=1S/C6H7N.C5H6N2/c1-6-2-4-7-5-3-6;1-5-2-3-6-7-4-5/h2-5H,1H3;2-4H,1H3. The summed E-state index contributed by atoms with van der Waals surface area (Å²) in [4.78, 5) is 3.85. The fourth-order valence-corrected chi connectivity index (χ4v) is 0.783. The molecule has 2 aromatic heterocycles. The molecule has 0 saturated heterocycles. The monoisotopic (exact) mass is 187 g/mol. The molecule has 0 bridgehead atoms. The van der Waals surface area contributed by atoms with E-state index in [0.29, 0.717) is 0 Å². The molecule has 3 nitrogen and oxygen atoms in total. The zero-order valence-corrected chi connectivity index (χ0v) is 8.38. The molecule has 0 spiro atoms. The SMILES string of the molecule is Cc1ccncc1.Cc1ccnnc1. The number of nitrogens with zero attached hydrogens (tertiary/aromatic N) is 3. The maximum atomic E-state index is 3.85. The van der Waals surface area contributed by atoms with E-state index < -0.39 is 0 Å². The van der Waals surface area contributed by atoms with E-state index in [1.165, 1.54) is 5.56 Å². The maximum absolute atomic E-state index is 3.85. The van der Waals surface area contributed by atoms with Crippen LogP contribution in [0.25, 0.3) is 0 Å². The molecule has 0 amide bonds. The molecule has 0 aliphatic heterocycles. The van der Waals surface area contributed by atoms with Crippen LogP contribution in [0, 0.1) is 13.8 Å². The summed E-state index contributed by atoms with van der Waals surface area (Å²) in [7, 11) is 0. The van der Waals surface area contributed by atoms with E-state index in [1.807, 2.05) is 32.0 Å². The Kier molecular flexibility index (Phi) is 4.27. The largest absolute Gasteiger partial charge is 0.265 e. The van der Waals surface area contributed by atoms with Crippen molar-refractivity contribution in [2.24, 2.45) is 0 Å². The molecule has 14 heavy (non-hydrogen) atoms. The fraction of sp³-hybridized carbons (Fsp3) is 0.182. The predicted octanol–water partition coefficient (Wildman–Crippen LogP) is 2.18. The van der Waals surface area contributed by atoms with Gasteiger partial charge >= 0.3 is 0 Å². The summed E-state index contributed by atoms with van der Waals surface area (Å²) in [6.45, 7) is 4.02. The van der Waals surface area contributed by atoms with Gasteiger partial charge in [0.15, 0.2) is 0 Å². The van der Waals surface area contributed by atoms with Crippen molar-refractivity contribution in [3.8, 4) is 0 Å². The minimum absolute atomic E-state index is 1.15. The van der Waals surface area contributed by atoms with Gasteiger partial charge in [0.1, 0.15) is 0 Å². The lowest BCUT2D eigenvalue weighted by Gasteiger charge is -1.82. The van der Waals surface area contributed by atoms with Crippen LogP contribution in [0.3, 0.4) is 0 Å². The molecule has 0 N–H and O–H groups in total. The lowest BCUT2D eigenvalue weighted by atomic mass is 10.3. The van der Waals surface area contributed by atoms with Gasteiger partial charge < -0.3 is 0 Å². The molecule has 0 aliphatic carbocycles. The third-order valence-corrected chi connectivity index (χ3v) is 1.58. The highest BCUT2D eigenvalue weighted by molar-refractivity contribution is 5.05. The van der Waals surface area contributed by atoms with Crippen LogP contribution < -0.4 is 0 Å². The first-order chi connectivity index (χ1) is 6.79. The molecule has 2 aromatic rings. The van der Waals surface area contributed by atoms with Crippen molar-refractivity contribution in [3.63, 3.8) is 0 Å². The summed E-state index contributed by atoms with van der Waals surface area (Å²) in [6.07, 6.45) is 6.97. The molecule has 2 heterocycles. The number of aryl methyl sites for hydroxylation is 2. The van der Waals surface area contributed by atoms with Gasteiger partial charge in [0, 0.05) is 18.6 Å². The van der Waals surface area contributed by atoms with Crippen LogP contribution in [0.5, 0.6) is 0 Å². The molecule has 0 fully saturated rings. The van der Waals surface area contributed by atoms with Gasteiger partial charge in [0.2, 0.25) is 0 Å². The minimum atomic E-state index is 1.15. The Morgan fingerprint density at radius 2 is 1.43 bits per heavy atom. The highest BCUT2D eigenvalue weighted by Gasteiger charge is 1.74. The van der Waals surface area contributed by atoms with Gasteiger partial charge in [-0.3, -0.25) is 4.98 Å². The molecule has 0 atom stereocenters. The van der Waals surface area contributed by atoms with Gasteiger partial charge in [0.05, 0.1) is 6.20 Å². The van der Waals surface area contributed by atoms with Crippen LogP contribution in [-0.4, -0.2) is 15.2 Å². The topological polar surface area (TPSA) is 38.7 Å². The lowest BCUT2D eigenvalue weighted by Crippen LogP contribution is -1.76. The number of rotatable bonds is 0. The van der Waals surface area contributed by atoms with E-state index in [1.54, 1.807) is 24.8 Å². The summed E-state index contributed by atoms with van der Waals surface area (Å²) in [6, 6.07) is 5.85. The Hall–Kier alpha value is -1.77. The van der Waals surface area contributed by atoms with Crippen LogP contribution in [0.15, 0.2) is 43.0 Å². The van der Waals surface area contributed by atoms with Crippen molar-refractivity contribution in [3.05, 3.63) is 54.1 Å². The third kappa shape index (κ3) is 4.30. The van der Waals surface area contributed by atoms with E-state index in [9.17, 15) is 0 Å². The average molecular weight is 187 g/mol. The lowest BCUT2D eigenvalue weighted by molar-refractivity contribution is 1.01. The number of hydrogen-bond acceptors (Lipinski definition) is 3. The summed E-state index contributed by atoms with van der Waals surface area (Å²) in [5.41, 5.74) is 2.41. The van der Waals surface area contributed by atoms with Crippen LogP contribution in [0.4, 0.5) is 0 Å². The molecule has 0 saturated carbocycles. The van der Waals surface area contributed by atoms with E-state index in [2.05, 4.69) is 15.2 Å². The third-order valence-electron chi connectivity index (χ3n) is 1.58. The summed E-state index contributed by atoms with van der Waals surface area (Å²) >= 11 is 0. The van der Waals surface area contributed by atoms with Gasteiger partial charge in [-0.1, -0.05) is 0 Å². The quantitative estimate of drug-likeness (QED) is 0.634. The first-order valence-corrected chi connectivity index (χ1v) is 4.39. The van der Waals surface area contributed by atoms with E-state index in [-0.39, 0.29) is 0 Å². The fourth-order valence-electron chi connectivity index (χ4n) is 0.783. The molecule has 2 rings (SSSR count). The number of hydrogen-bond donors (Lipinski definition) is 0. The molecule has 72 valence electrons. The minimum Gasteiger partial charge on any atom is -0.265 e. The Balaban J connectivity index is 0.000000140. The second kappa shape index (κ2) is 5.80. The van der Waals surface area contributed by atoms with Crippen molar-refractivity contribution in [2.75, 3.05) is 0 Å². The maximum Gasteiger partial charge on any atom is 0.0525 e. The normalized spacial score (nSPS) is 8.71. The van der Waals surface area contributed by atoms with Crippen LogP contribution in [0.1, 0.15) is 11.1 Å². The Bertz CT molecular complexity index is 308. The molecular weight excluding hydrogens is 174 g/mol. The van der Waals surface area contributed by atoms with Crippen molar-refractivity contribution in [1.82, 2.24) is 15.2 Å². The van der Waals surface area contributed by atoms with Gasteiger partial charge in [-0.15, -0.1) is 0 Å². The van der Waals surface area contributed by atoms with E-state index >= 15 is 0 Å². The predicted molar refractivity (Wildman–Crippen MR) is 55.7 cm³/mol. The molecular formula is C11H13N3. The Labute approximate surface area is 83.9 Å². The average Bonchev–Trinajstić information content (AvgIpc) is 2.21. The number of aromatic nitrogens is 3. The summed E-state index contributed by atoms with van der Waals surface area (Å²) in [5.74, 6) is 0. The Morgan fingerprint density at radius 1 is 0.786 bits per heavy atom. The van der Waals surface area contributed by atoms with Crippen molar-refractivity contribution in [1.29, 1.82) is 0 Å². The van der Waals surface area contributed by atoms with Gasteiger partial charge in [0.25, 0.3) is 0 Å². The van der Waals surface area contributed by atoms with Crippen LogP contribution in [0.2, 0.25) is 0 Å². The van der Waals surface area contributed by atoms with Crippen LogP contribution in [-0.2, 0) is 0 Å². The van der Waals surface area contributed by atoms with Gasteiger partial charge in [-0.25, -0.2) is 0 Å². The summed E-state index contributed by atoms with van der Waals surface area (Å²) in [5, 5.41) is 7.23. The highest BCUT2D eigenvalue weighted by Crippen LogP contribution is 1.88. The second-order valence-electron chi connectivity index (χ2n) is 2.94. The molecule has 3 heteroatoms. The first kappa shape index (κ1) is 10.3. The Morgan fingerprint density at radius 3 is 1.71 bits per heavy atom. The van der Waals surface area contributed by atoms with E-state index in [4.69, 9.17) is 0 Å². The molecule has 0 aromatic carbocycles. The second-order valence-corrected chi connectivity index (χ2v) is 2.94. The molecule has 0 radical (unpaired) electrons. The molecule has 0 aliphatic rings.